The summed E-state index contributed by atoms with van der Waals surface area (Å²) in [5.74, 6) is -1.00. The van der Waals surface area contributed by atoms with Crippen molar-refractivity contribution in [3.63, 3.8) is 0 Å². The molecule has 6 heteroatoms. The van der Waals surface area contributed by atoms with Gasteiger partial charge in [0.1, 0.15) is 6.04 Å². The number of allylic oxidation sites excluding steroid dienone is 2. The van der Waals surface area contributed by atoms with E-state index in [1.54, 1.807) is 7.11 Å². The third-order valence-corrected chi connectivity index (χ3v) is 4.22. The van der Waals surface area contributed by atoms with Crippen LogP contribution in [0.1, 0.15) is 33.1 Å². The summed E-state index contributed by atoms with van der Waals surface area (Å²) in [6, 6.07) is -1.11. The average Bonchev–Trinajstić information content (AvgIpc) is 2.91. The highest BCUT2D eigenvalue weighted by atomic mass is 16.5. The zero-order valence-corrected chi connectivity index (χ0v) is 14.1. The summed E-state index contributed by atoms with van der Waals surface area (Å²) in [5.41, 5.74) is 0. The number of rotatable bonds is 9. The van der Waals surface area contributed by atoms with E-state index in [9.17, 15) is 14.7 Å². The molecular formula is C17H28N2O4. The summed E-state index contributed by atoms with van der Waals surface area (Å²) in [6.07, 6.45) is 7.48. The Morgan fingerprint density at radius 2 is 2.22 bits per heavy atom. The molecule has 23 heavy (non-hydrogen) atoms. The first kappa shape index (κ1) is 19.4. The highest BCUT2D eigenvalue weighted by Gasteiger charge is 2.43. The van der Waals surface area contributed by atoms with Crippen molar-refractivity contribution >= 4 is 11.9 Å². The van der Waals surface area contributed by atoms with Gasteiger partial charge >= 0.3 is 5.97 Å². The number of carboxylic acids is 1. The molecular weight excluding hydrogens is 296 g/mol. The van der Waals surface area contributed by atoms with Gasteiger partial charge < -0.3 is 15.2 Å². The predicted molar refractivity (Wildman–Crippen MR) is 89.1 cm³/mol. The lowest BCUT2D eigenvalue weighted by Crippen LogP contribution is -2.57. The molecule has 1 amide bonds. The topological polar surface area (TPSA) is 87.7 Å². The molecule has 0 saturated carbocycles. The van der Waals surface area contributed by atoms with Crippen LogP contribution in [0.3, 0.4) is 0 Å². The lowest BCUT2D eigenvalue weighted by Gasteiger charge is -2.34. The van der Waals surface area contributed by atoms with Gasteiger partial charge in [-0.2, -0.15) is 0 Å². The Balaban J connectivity index is 3.03. The molecule has 5 atom stereocenters. The molecule has 1 saturated heterocycles. The average molecular weight is 324 g/mol. The number of aliphatic carboxylic acids is 1. The lowest BCUT2D eigenvalue weighted by molar-refractivity contribution is -0.139. The van der Waals surface area contributed by atoms with Gasteiger partial charge in [-0.1, -0.05) is 18.2 Å². The van der Waals surface area contributed by atoms with Crippen LogP contribution in [0.15, 0.2) is 24.8 Å². The Morgan fingerprint density at radius 3 is 2.70 bits per heavy atom. The molecule has 130 valence electrons. The van der Waals surface area contributed by atoms with E-state index in [2.05, 4.69) is 17.2 Å². The number of carbonyl (C=O) groups is 2. The standard InChI is InChI=1S/C17H28N2O4/c1-5-7-9-14(23-4)16(18-11(3)20)15-12(8-6-2)10-13(19-15)17(21)22/h5-6,8,12-16,19H,1,7,9-10H2,2-4H3,(H,18,20)(H,21,22)/b8-6-/t12-,13-,14-,15-,16+/m1/s1. The molecule has 1 aliphatic heterocycles. The van der Waals surface area contributed by atoms with Crippen molar-refractivity contribution in [2.75, 3.05) is 7.11 Å². The molecule has 1 aliphatic rings. The molecule has 1 heterocycles. The monoisotopic (exact) mass is 324 g/mol. The summed E-state index contributed by atoms with van der Waals surface area (Å²) in [4.78, 5) is 23.0. The molecule has 0 unspecified atom stereocenters. The zero-order chi connectivity index (χ0) is 17.4. The molecule has 0 aliphatic carbocycles. The van der Waals surface area contributed by atoms with E-state index < -0.39 is 12.0 Å². The van der Waals surface area contributed by atoms with Gasteiger partial charge in [-0.05, 0) is 32.1 Å². The highest BCUT2D eigenvalue weighted by Crippen LogP contribution is 2.27. The fourth-order valence-electron chi connectivity index (χ4n) is 3.21. The van der Waals surface area contributed by atoms with Gasteiger partial charge in [0.25, 0.3) is 0 Å². The maximum atomic E-state index is 11.6. The molecule has 6 nitrogen and oxygen atoms in total. The molecule has 3 N–H and O–H groups in total. The maximum Gasteiger partial charge on any atom is 0.320 e. The minimum absolute atomic E-state index is 0.0272. The number of carboxylic acid groups (broad SMARTS) is 1. The molecule has 0 aromatic carbocycles. The second-order valence-corrected chi connectivity index (χ2v) is 5.88. The van der Waals surface area contributed by atoms with Crippen LogP contribution in [-0.2, 0) is 14.3 Å². The van der Waals surface area contributed by atoms with Crippen LogP contribution in [0.4, 0.5) is 0 Å². The zero-order valence-electron chi connectivity index (χ0n) is 14.1. The fourth-order valence-corrected chi connectivity index (χ4v) is 3.21. The Labute approximate surface area is 138 Å². The molecule has 1 fully saturated rings. The van der Waals surface area contributed by atoms with Crippen molar-refractivity contribution in [1.82, 2.24) is 10.6 Å². The van der Waals surface area contributed by atoms with Gasteiger partial charge in [-0.25, -0.2) is 0 Å². The van der Waals surface area contributed by atoms with E-state index in [1.807, 2.05) is 25.2 Å². The smallest absolute Gasteiger partial charge is 0.320 e. The number of carbonyl (C=O) groups excluding carboxylic acids is 1. The minimum atomic E-state index is -0.872. The largest absolute Gasteiger partial charge is 0.480 e. The molecule has 0 aromatic rings. The molecule has 0 aromatic heterocycles. The van der Waals surface area contributed by atoms with E-state index >= 15 is 0 Å². The second kappa shape index (κ2) is 9.47. The number of nitrogens with one attached hydrogen (secondary N) is 2. The van der Waals surface area contributed by atoms with Crippen molar-refractivity contribution < 1.29 is 19.4 Å². The van der Waals surface area contributed by atoms with E-state index in [0.29, 0.717) is 12.8 Å². The van der Waals surface area contributed by atoms with Crippen LogP contribution in [0.25, 0.3) is 0 Å². The minimum Gasteiger partial charge on any atom is -0.480 e. The fraction of sp³-hybridized carbons (Fsp3) is 0.647. The summed E-state index contributed by atoms with van der Waals surface area (Å²) >= 11 is 0. The van der Waals surface area contributed by atoms with Crippen molar-refractivity contribution in [3.05, 3.63) is 24.8 Å². The van der Waals surface area contributed by atoms with Gasteiger partial charge in [-0.3, -0.25) is 14.9 Å². The van der Waals surface area contributed by atoms with E-state index in [0.717, 1.165) is 6.42 Å². The Hall–Kier alpha value is -1.66. The molecule has 0 spiro atoms. The maximum absolute atomic E-state index is 11.6. The number of methoxy groups -OCH3 is 1. The summed E-state index contributed by atoms with van der Waals surface area (Å²) < 4.78 is 5.58. The Bertz CT molecular complexity index is 450. The normalized spacial score (nSPS) is 26.8. The van der Waals surface area contributed by atoms with Crippen LogP contribution in [-0.4, -0.2) is 48.3 Å². The first-order valence-corrected chi connectivity index (χ1v) is 7.97. The summed E-state index contributed by atoms with van der Waals surface area (Å²) in [6.45, 7) is 7.08. The van der Waals surface area contributed by atoms with Crippen molar-refractivity contribution in [2.24, 2.45) is 5.92 Å². The molecule has 0 radical (unpaired) electrons. The van der Waals surface area contributed by atoms with Crippen LogP contribution >= 0.6 is 0 Å². The van der Waals surface area contributed by atoms with E-state index in [-0.39, 0.29) is 30.0 Å². The van der Waals surface area contributed by atoms with Crippen molar-refractivity contribution in [2.45, 2.75) is 57.3 Å². The SMILES string of the molecule is C=CCC[C@@H](OC)[C@H](NC(C)=O)[C@@H]1N[C@@H](C(=O)O)C[C@H]1/C=C\C. The Kier molecular flexibility index (Phi) is 7.98. The predicted octanol–water partition coefficient (Wildman–Crippen LogP) is 1.48. The van der Waals surface area contributed by atoms with Crippen molar-refractivity contribution in [3.8, 4) is 0 Å². The van der Waals surface area contributed by atoms with Crippen LogP contribution in [0.2, 0.25) is 0 Å². The number of hydrogen-bond donors (Lipinski definition) is 3. The highest BCUT2D eigenvalue weighted by molar-refractivity contribution is 5.75. The first-order chi connectivity index (χ1) is 10.9. The lowest BCUT2D eigenvalue weighted by atomic mass is 9.88. The Morgan fingerprint density at radius 1 is 1.52 bits per heavy atom. The van der Waals surface area contributed by atoms with Gasteiger partial charge in [0.15, 0.2) is 0 Å². The van der Waals surface area contributed by atoms with Crippen molar-refractivity contribution in [1.29, 1.82) is 0 Å². The number of ether oxygens (including phenoxy) is 1. The number of amides is 1. The second-order valence-electron chi connectivity index (χ2n) is 5.88. The quantitative estimate of drug-likeness (QED) is 0.559. The summed E-state index contributed by atoms with van der Waals surface area (Å²) in [7, 11) is 1.61. The van der Waals surface area contributed by atoms with Crippen LogP contribution in [0, 0.1) is 5.92 Å². The number of hydrogen-bond acceptors (Lipinski definition) is 4. The molecule has 0 bridgehead atoms. The third-order valence-electron chi connectivity index (χ3n) is 4.22. The van der Waals surface area contributed by atoms with Gasteiger partial charge in [0.2, 0.25) is 5.91 Å². The van der Waals surface area contributed by atoms with E-state index in [4.69, 9.17) is 4.74 Å². The van der Waals surface area contributed by atoms with Crippen LogP contribution < -0.4 is 10.6 Å². The first-order valence-electron chi connectivity index (χ1n) is 7.97. The van der Waals surface area contributed by atoms with Gasteiger partial charge in [0.05, 0.1) is 12.1 Å². The summed E-state index contributed by atoms with van der Waals surface area (Å²) in [5, 5.41) is 15.4. The van der Waals surface area contributed by atoms with Gasteiger partial charge in [0, 0.05) is 20.1 Å². The molecule has 1 rings (SSSR count). The van der Waals surface area contributed by atoms with E-state index in [1.165, 1.54) is 6.92 Å². The van der Waals surface area contributed by atoms with Gasteiger partial charge in [-0.15, -0.1) is 6.58 Å². The van der Waals surface area contributed by atoms with Crippen LogP contribution in [0.5, 0.6) is 0 Å². The third kappa shape index (κ3) is 5.48.